The predicted molar refractivity (Wildman–Crippen MR) is 63.9 cm³/mol. The van der Waals surface area contributed by atoms with Gasteiger partial charge in [-0.3, -0.25) is 4.79 Å². The summed E-state index contributed by atoms with van der Waals surface area (Å²) in [5, 5.41) is 4.13. The van der Waals surface area contributed by atoms with E-state index in [-0.39, 0.29) is 5.56 Å². The molecule has 0 bridgehead atoms. The summed E-state index contributed by atoms with van der Waals surface area (Å²) in [6.45, 7) is 2.49. The molecule has 1 aromatic heterocycles. The minimum Gasteiger partial charge on any atom is -0.393 e. The molecule has 0 fully saturated rings. The number of aryl methyl sites for hydroxylation is 2. The standard InChI is InChI=1S/C10H15N3OS/c1-8-5-6-10(14)13(12-8)7-3-2-4-9(11)15/h5-6H,2-4,7H2,1H3,(H2,11,15). The van der Waals surface area contributed by atoms with Crippen molar-refractivity contribution in [2.24, 2.45) is 5.73 Å². The molecule has 82 valence electrons. The van der Waals surface area contributed by atoms with Gasteiger partial charge in [-0.05, 0) is 32.3 Å². The van der Waals surface area contributed by atoms with Crippen molar-refractivity contribution < 1.29 is 0 Å². The van der Waals surface area contributed by atoms with E-state index in [0.717, 1.165) is 25.0 Å². The minimum atomic E-state index is -0.0593. The van der Waals surface area contributed by atoms with Gasteiger partial charge in [0.1, 0.15) is 0 Å². The fraction of sp³-hybridized carbons (Fsp3) is 0.500. The molecule has 0 aliphatic carbocycles. The van der Waals surface area contributed by atoms with Gasteiger partial charge in [-0.1, -0.05) is 12.2 Å². The summed E-state index contributed by atoms with van der Waals surface area (Å²) in [6.07, 6.45) is 2.50. The lowest BCUT2D eigenvalue weighted by Gasteiger charge is -2.04. The largest absolute Gasteiger partial charge is 0.393 e. The number of aromatic nitrogens is 2. The third-order valence-corrected chi connectivity index (χ3v) is 2.25. The van der Waals surface area contributed by atoms with Crippen molar-refractivity contribution >= 4 is 17.2 Å². The van der Waals surface area contributed by atoms with E-state index in [1.165, 1.54) is 10.7 Å². The first-order valence-electron chi connectivity index (χ1n) is 4.92. The molecule has 0 spiro atoms. The molecule has 0 saturated carbocycles. The first kappa shape index (κ1) is 11.8. The van der Waals surface area contributed by atoms with Crippen molar-refractivity contribution in [2.45, 2.75) is 32.7 Å². The van der Waals surface area contributed by atoms with Crippen LogP contribution in [0.15, 0.2) is 16.9 Å². The second-order valence-corrected chi connectivity index (χ2v) is 3.98. The van der Waals surface area contributed by atoms with Gasteiger partial charge in [0.2, 0.25) is 0 Å². The summed E-state index contributed by atoms with van der Waals surface area (Å²) in [6, 6.07) is 3.25. The van der Waals surface area contributed by atoms with E-state index in [1.807, 2.05) is 6.92 Å². The molecule has 5 heteroatoms. The summed E-state index contributed by atoms with van der Waals surface area (Å²) in [5.74, 6) is 0. The second-order valence-electron chi connectivity index (χ2n) is 3.46. The van der Waals surface area contributed by atoms with Gasteiger partial charge in [0.05, 0.1) is 10.7 Å². The lowest BCUT2D eigenvalue weighted by atomic mass is 10.2. The van der Waals surface area contributed by atoms with E-state index in [2.05, 4.69) is 5.10 Å². The Kier molecular flexibility index (Phi) is 4.42. The summed E-state index contributed by atoms with van der Waals surface area (Å²) in [4.78, 5) is 11.9. The van der Waals surface area contributed by atoms with Gasteiger partial charge < -0.3 is 5.73 Å². The summed E-state index contributed by atoms with van der Waals surface area (Å²) >= 11 is 4.77. The average molecular weight is 225 g/mol. The molecule has 0 atom stereocenters. The predicted octanol–water partition coefficient (Wildman–Crippen LogP) is 1.01. The van der Waals surface area contributed by atoms with Gasteiger partial charge in [0.25, 0.3) is 5.56 Å². The van der Waals surface area contributed by atoms with Gasteiger partial charge in [-0.25, -0.2) is 4.68 Å². The molecule has 0 aliphatic heterocycles. The molecule has 0 unspecified atom stereocenters. The van der Waals surface area contributed by atoms with E-state index in [4.69, 9.17) is 18.0 Å². The number of rotatable bonds is 5. The monoisotopic (exact) mass is 225 g/mol. The maximum absolute atomic E-state index is 11.3. The lowest BCUT2D eigenvalue weighted by Crippen LogP contribution is -2.22. The van der Waals surface area contributed by atoms with Crippen LogP contribution >= 0.6 is 12.2 Å². The van der Waals surface area contributed by atoms with Crippen LogP contribution in [0.4, 0.5) is 0 Å². The first-order valence-corrected chi connectivity index (χ1v) is 5.33. The van der Waals surface area contributed by atoms with E-state index in [1.54, 1.807) is 6.07 Å². The Morgan fingerprint density at radius 3 is 2.93 bits per heavy atom. The third kappa shape index (κ3) is 4.20. The molecule has 1 rings (SSSR count). The van der Waals surface area contributed by atoms with E-state index in [0.29, 0.717) is 11.5 Å². The van der Waals surface area contributed by atoms with Crippen LogP contribution in [0.2, 0.25) is 0 Å². The van der Waals surface area contributed by atoms with Crippen molar-refractivity contribution in [2.75, 3.05) is 0 Å². The molecule has 0 amide bonds. The Bertz CT molecular complexity index is 400. The van der Waals surface area contributed by atoms with Crippen molar-refractivity contribution in [3.8, 4) is 0 Å². The van der Waals surface area contributed by atoms with E-state index < -0.39 is 0 Å². The van der Waals surface area contributed by atoms with Crippen molar-refractivity contribution in [1.82, 2.24) is 9.78 Å². The molecule has 1 heterocycles. The summed E-state index contributed by atoms with van der Waals surface area (Å²) < 4.78 is 1.48. The Morgan fingerprint density at radius 2 is 2.27 bits per heavy atom. The fourth-order valence-corrected chi connectivity index (χ4v) is 1.42. The summed E-state index contributed by atoms with van der Waals surface area (Å²) in [5.41, 5.74) is 6.16. The zero-order valence-corrected chi connectivity index (χ0v) is 9.59. The molecule has 4 nitrogen and oxygen atoms in total. The van der Waals surface area contributed by atoms with E-state index >= 15 is 0 Å². The van der Waals surface area contributed by atoms with Crippen LogP contribution in [0.1, 0.15) is 25.0 Å². The zero-order valence-electron chi connectivity index (χ0n) is 8.77. The number of nitrogens with two attached hydrogens (primary N) is 1. The number of thiocarbonyl (C=S) groups is 1. The maximum atomic E-state index is 11.3. The molecule has 2 N–H and O–H groups in total. The SMILES string of the molecule is Cc1ccc(=O)n(CCCCC(N)=S)n1. The molecular formula is C10H15N3OS. The average Bonchev–Trinajstić information content (AvgIpc) is 2.17. The van der Waals surface area contributed by atoms with Gasteiger partial charge in [0, 0.05) is 12.6 Å². The van der Waals surface area contributed by atoms with Crippen molar-refractivity contribution in [3.63, 3.8) is 0 Å². The van der Waals surface area contributed by atoms with Crippen molar-refractivity contribution in [3.05, 3.63) is 28.2 Å². The normalized spacial score (nSPS) is 10.2. The third-order valence-electron chi connectivity index (χ3n) is 2.04. The molecule has 1 aromatic rings. The number of hydrogen-bond acceptors (Lipinski definition) is 3. The van der Waals surface area contributed by atoms with Crippen LogP contribution in [0.25, 0.3) is 0 Å². The zero-order chi connectivity index (χ0) is 11.3. The van der Waals surface area contributed by atoms with Crippen LogP contribution in [0.3, 0.4) is 0 Å². The number of hydrogen-bond donors (Lipinski definition) is 1. The van der Waals surface area contributed by atoms with Crippen LogP contribution < -0.4 is 11.3 Å². The van der Waals surface area contributed by atoms with Crippen LogP contribution in [-0.4, -0.2) is 14.8 Å². The Balaban J connectivity index is 2.47. The topological polar surface area (TPSA) is 60.9 Å². The lowest BCUT2D eigenvalue weighted by molar-refractivity contribution is 0.531. The van der Waals surface area contributed by atoms with Gasteiger partial charge in [-0.2, -0.15) is 5.10 Å². The molecule has 0 aromatic carbocycles. The number of nitrogens with zero attached hydrogens (tertiary/aromatic N) is 2. The summed E-state index contributed by atoms with van der Waals surface area (Å²) in [7, 11) is 0. The molecule has 0 saturated heterocycles. The van der Waals surface area contributed by atoms with Gasteiger partial charge in [-0.15, -0.1) is 0 Å². The van der Waals surface area contributed by atoms with Crippen LogP contribution in [0, 0.1) is 6.92 Å². The van der Waals surface area contributed by atoms with Crippen molar-refractivity contribution in [1.29, 1.82) is 0 Å². The highest BCUT2D eigenvalue weighted by atomic mass is 32.1. The fourth-order valence-electron chi connectivity index (χ4n) is 1.27. The number of unbranched alkanes of at least 4 members (excludes halogenated alkanes) is 1. The van der Waals surface area contributed by atoms with Crippen LogP contribution in [-0.2, 0) is 6.54 Å². The first-order chi connectivity index (χ1) is 7.09. The smallest absolute Gasteiger partial charge is 0.266 e. The molecule has 15 heavy (non-hydrogen) atoms. The Morgan fingerprint density at radius 1 is 1.53 bits per heavy atom. The quantitative estimate of drug-likeness (QED) is 0.600. The maximum Gasteiger partial charge on any atom is 0.266 e. The van der Waals surface area contributed by atoms with Gasteiger partial charge in [0.15, 0.2) is 0 Å². The molecule has 0 aliphatic rings. The Labute approximate surface area is 94.1 Å². The molecule has 0 radical (unpaired) electrons. The van der Waals surface area contributed by atoms with E-state index in [9.17, 15) is 4.79 Å². The highest BCUT2D eigenvalue weighted by Gasteiger charge is 1.98. The Hall–Kier alpha value is -1.23. The second kappa shape index (κ2) is 5.60. The van der Waals surface area contributed by atoms with Gasteiger partial charge >= 0.3 is 0 Å². The highest BCUT2D eigenvalue weighted by molar-refractivity contribution is 7.80. The molecular weight excluding hydrogens is 210 g/mol. The van der Waals surface area contributed by atoms with Crippen LogP contribution in [0.5, 0.6) is 0 Å². The minimum absolute atomic E-state index is 0.0593. The highest BCUT2D eigenvalue weighted by Crippen LogP contribution is 1.97.